The second kappa shape index (κ2) is 12.2. The molecular formula is C26H38FNO5S. The number of aliphatic hydroxyl groups excluding tert-OH is 2. The van der Waals surface area contributed by atoms with E-state index < -0.39 is 47.9 Å². The number of carbonyl (C=O) groups excluding carboxylic acids is 2. The topological polar surface area (TPSA) is 96.7 Å². The zero-order valence-electron chi connectivity index (χ0n) is 21.0. The van der Waals surface area contributed by atoms with Gasteiger partial charge in [0.05, 0.1) is 34.7 Å². The van der Waals surface area contributed by atoms with Gasteiger partial charge in [0, 0.05) is 23.8 Å². The number of hydrogen-bond acceptors (Lipinski definition) is 7. The number of hydrogen-bond donors (Lipinski definition) is 2. The molecule has 8 heteroatoms. The van der Waals surface area contributed by atoms with Gasteiger partial charge in [0.2, 0.25) is 0 Å². The van der Waals surface area contributed by atoms with Gasteiger partial charge in [0.25, 0.3) is 0 Å². The lowest BCUT2D eigenvalue weighted by Crippen LogP contribution is -2.45. The number of thiazole rings is 1. The van der Waals surface area contributed by atoms with Gasteiger partial charge in [-0.15, -0.1) is 11.3 Å². The Morgan fingerprint density at radius 3 is 2.56 bits per heavy atom. The second-order valence-corrected chi connectivity index (χ2v) is 11.1. The molecule has 190 valence electrons. The van der Waals surface area contributed by atoms with Crippen LogP contribution in [0.2, 0.25) is 0 Å². The third kappa shape index (κ3) is 7.55. The molecule has 5 atom stereocenters. The second-order valence-electron chi connectivity index (χ2n) is 10.0. The van der Waals surface area contributed by atoms with E-state index in [1.165, 1.54) is 17.4 Å². The molecule has 2 rings (SSSR count). The molecule has 0 aliphatic carbocycles. The molecule has 1 aliphatic heterocycles. The molecule has 2 heterocycles. The van der Waals surface area contributed by atoms with Gasteiger partial charge >= 0.3 is 5.97 Å². The van der Waals surface area contributed by atoms with Crippen molar-refractivity contribution in [3.8, 4) is 0 Å². The highest BCUT2D eigenvalue weighted by molar-refractivity contribution is 7.09. The lowest BCUT2D eigenvalue weighted by molar-refractivity contribution is -0.154. The summed E-state index contributed by atoms with van der Waals surface area (Å²) in [7, 11) is 0. The summed E-state index contributed by atoms with van der Waals surface area (Å²) in [6.07, 6.45) is 1.75. The molecule has 0 bridgehead atoms. The van der Waals surface area contributed by atoms with Gasteiger partial charge in [0.1, 0.15) is 11.6 Å². The molecular weight excluding hydrogens is 457 g/mol. The zero-order chi connectivity index (χ0) is 25.6. The zero-order valence-corrected chi connectivity index (χ0v) is 21.8. The highest BCUT2D eigenvalue weighted by Gasteiger charge is 2.42. The maximum atomic E-state index is 15.1. The van der Waals surface area contributed by atoms with Gasteiger partial charge in [-0.1, -0.05) is 39.3 Å². The summed E-state index contributed by atoms with van der Waals surface area (Å²) in [5.74, 6) is -2.55. The number of esters is 1. The number of ether oxygens (including phenoxy) is 1. The highest BCUT2D eigenvalue weighted by Crippen LogP contribution is 2.32. The van der Waals surface area contributed by atoms with Crippen LogP contribution >= 0.6 is 11.3 Å². The Kier molecular flexibility index (Phi) is 10.2. The number of aliphatic hydroxyl groups is 2. The van der Waals surface area contributed by atoms with Crippen LogP contribution in [0.25, 0.3) is 6.08 Å². The van der Waals surface area contributed by atoms with Crippen LogP contribution in [0, 0.1) is 24.2 Å². The van der Waals surface area contributed by atoms with Crippen LogP contribution < -0.4 is 0 Å². The van der Waals surface area contributed by atoms with Crippen molar-refractivity contribution < 1.29 is 28.9 Å². The van der Waals surface area contributed by atoms with Crippen LogP contribution in [0.3, 0.4) is 0 Å². The first-order valence-electron chi connectivity index (χ1n) is 11.9. The van der Waals surface area contributed by atoms with E-state index >= 15 is 4.39 Å². The van der Waals surface area contributed by atoms with Crippen LogP contribution in [0.15, 0.2) is 22.9 Å². The van der Waals surface area contributed by atoms with E-state index in [1.54, 1.807) is 26.2 Å². The van der Waals surface area contributed by atoms with Crippen LogP contribution in [0.5, 0.6) is 0 Å². The minimum absolute atomic E-state index is 0.104. The Labute approximate surface area is 205 Å². The third-order valence-electron chi connectivity index (χ3n) is 6.75. The number of nitrogens with zero attached hydrogens (tertiary/aromatic N) is 1. The summed E-state index contributed by atoms with van der Waals surface area (Å²) in [6, 6.07) is 0. The Hall–Kier alpha value is -1.90. The van der Waals surface area contributed by atoms with E-state index in [9.17, 15) is 19.8 Å². The van der Waals surface area contributed by atoms with Gasteiger partial charge in [-0.05, 0) is 39.0 Å². The molecule has 0 aromatic carbocycles. The van der Waals surface area contributed by atoms with Crippen LogP contribution in [0.1, 0.15) is 77.4 Å². The van der Waals surface area contributed by atoms with E-state index in [0.29, 0.717) is 5.69 Å². The summed E-state index contributed by atoms with van der Waals surface area (Å²) in [4.78, 5) is 30.0. The molecule has 0 saturated carbocycles. The number of allylic oxidation sites excluding steroid dienone is 1. The quantitative estimate of drug-likeness (QED) is 0.434. The fourth-order valence-corrected chi connectivity index (χ4v) is 4.77. The minimum atomic E-state index is -1.34. The number of carbonyl (C=O) groups is 2. The van der Waals surface area contributed by atoms with Crippen molar-refractivity contribution in [3.05, 3.63) is 33.6 Å². The average Bonchev–Trinajstić information content (AvgIpc) is 3.18. The van der Waals surface area contributed by atoms with E-state index in [2.05, 4.69) is 4.98 Å². The highest BCUT2D eigenvalue weighted by atomic mass is 32.1. The van der Waals surface area contributed by atoms with E-state index in [1.807, 2.05) is 26.8 Å². The number of halogens is 1. The molecule has 0 unspecified atom stereocenters. The molecule has 0 spiro atoms. The smallest absolute Gasteiger partial charge is 0.309 e. The Morgan fingerprint density at radius 1 is 1.26 bits per heavy atom. The van der Waals surface area contributed by atoms with E-state index in [-0.39, 0.29) is 18.1 Å². The van der Waals surface area contributed by atoms with E-state index in [4.69, 9.17) is 4.74 Å². The first kappa shape index (κ1) is 28.3. The normalized spacial score (nSPS) is 30.6. The van der Waals surface area contributed by atoms with Gasteiger partial charge in [-0.25, -0.2) is 9.37 Å². The molecule has 0 fully saturated rings. The summed E-state index contributed by atoms with van der Waals surface area (Å²) >= 11 is 1.40. The molecule has 1 aromatic heterocycles. The van der Waals surface area contributed by atoms with Crippen molar-refractivity contribution in [3.63, 3.8) is 0 Å². The molecule has 1 aromatic rings. The van der Waals surface area contributed by atoms with Gasteiger partial charge in [0.15, 0.2) is 6.10 Å². The Morgan fingerprint density at radius 2 is 1.94 bits per heavy atom. The van der Waals surface area contributed by atoms with Gasteiger partial charge < -0.3 is 14.9 Å². The SMILES string of the molecule is CC1=CC[C@@H](C(F)=Cc2csc(C)n2)OC(=O)C[C@H](O)C(C)(C)C(=O)[C@H](C)[C@@H](O)[C@@H](C)CCC1. The standard InChI is InChI=1S/C26H38FNO5S/c1-15-8-7-9-16(2)24(31)17(3)25(32)26(5,6)22(29)13-23(30)33-21(11-10-15)20(27)12-19-14-34-18(4)28-19/h10,12,14,16-17,21-22,24,29,31H,7-9,11,13H2,1-6H3/t16-,17+,21-,22-,24-/m0/s1. The Bertz CT molecular complexity index is 922. The number of aryl methyl sites for hydroxylation is 1. The number of rotatable bonds is 2. The minimum Gasteiger partial charge on any atom is -0.455 e. The lowest BCUT2D eigenvalue weighted by atomic mass is 9.73. The summed E-state index contributed by atoms with van der Waals surface area (Å²) in [6.45, 7) is 10.4. The van der Waals surface area contributed by atoms with Gasteiger partial charge in [-0.3, -0.25) is 9.59 Å². The maximum absolute atomic E-state index is 15.1. The van der Waals surface area contributed by atoms with Crippen molar-refractivity contribution in [2.24, 2.45) is 17.3 Å². The van der Waals surface area contributed by atoms with Crippen molar-refractivity contribution in [2.75, 3.05) is 0 Å². The molecule has 34 heavy (non-hydrogen) atoms. The molecule has 2 N–H and O–H groups in total. The van der Waals surface area contributed by atoms with Gasteiger partial charge in [-0.2, -0.15) is 0 Å². The average molecular weight is 496 g/mol. The van der Waals surface area contributed by atoms with Crippen molar-refractivity contribution in [2.45, 2.75) is 92.0 Å². The number of ketones is 1. The van der Waals surface area contributed by atoms with Crippen molar-refractivity contribution >= 4 is 29.2 Å². The first-order chi connectivity index (χ1) is 15.8. The van der Waals surface area contributed by atoms with Crippen LogP contribution in [-0.4, -0.2) is 45.3 Å². The first-order valence-corrected chi connectivity index (χ1v) is 12.8. The van der Waals surface area contributed by atoms with Crippen molar-refractivity contribution in [1.82, 2.24) is 4.98 Å². The molecule has 0 radical (unpaired) electrons. The summed E-state index contributed by atoms with van der Waals surface area (Å²) in [5, 5.41) is 24.0. The molecule has 0 amide bonds. The molecule has 1 aliphatic rings. The van der Waals surface area contributed by atoms with Crippen molar-refractivity contribution in [1.29, 1.82) is 0 Å². The number of Topliss-reactive ketones (excluding diaryl/α,β-unsaturated/α-hetero) is 1. The van der Waals surface area contributed by atoms with Crippen LogP contribution in [-0.2, 0) is 14.3 Å². The predicted molar refractivity (Wildman–Crippen MR) is 132 cm³/mol. The van der Waals surface area contributed by atoms with E-state index in [0.717, 1.165) is 29.8 Å². The largest absolute Gasteiger partial charge is 0.455 e. The number of cyclic esters (lactones) is 1. The predicted octanol–water partition coefficient (Wildman–Crippen LogP) is 5.17. The lowest BCUT2D eigenvalue weighted by Gasteiger charge is -2.34. The maximum Gasteiger partial charge on any atom is 0.309 e. The summed E-state index contributed by atoms with van der Waals surface area (Å²) < 4.78 is 20.5. The fraction of sp³-hybridized carbons (Fsp3) is 0.654. The monoisotopic (exact) mass is 495 g/mol. The molecule has 6 nitrogen and oxygen atoms in total. The third-order valence-corrected chi connectivity index (χ3v) is 7.54. The Balaban J connectivity index is 2.33. The fourth-order valence-electron chi connectivity index (χ4n) is 4.20. The molecule has 0 saturated heterocycles. The summed E-state index contributed by atoms with van der Waals surface area (Å²) in [5.41, 5.74) is 0.198. The number of aromatic nitrogens is 1. The van der Waals surface area contributed by atoms with Crippen LogP contribution in [0.4, 0.5) is 4.39 Å².